The van der Waals surface area contributed by atoms with Crippen LogP contribution in [-0.4, -0.2) is 23.9 Å². The van der Waals surface area contributed by atoms with E-state index in [1.807, 2.05) is 30.3 Å². The third kappa shape index (κ3) is 3.54. The van der Waals surface area contributed by atoms with E-state index < -0.39 is 0 Å². The summed E-state index contributed by atoms with van der Waals surface area (Å²) in [6.45, 7) is 0. The van der Waals surface area contributed by atoms with Gasteiger partial charge >= 0.3 is 0 Å². The maximum Gasteiger partial charge on any atom is 0.163 e. The Hall–Kier alpha value is -6.33. The Morgan fingerprint density at radius 3 is 1.80 bits per heavy atom. The number of rotatable bonds is 3. The molecular weight excluding hydrogens is 562 g/mol. The number of fused-ring (bicyclic) bond motifs is 12. The minimum atomic E-state index is 0.647. The van der Waals surface area contributed by atoms with E-state index in [9.17, 15) is 0 Å². The second-order valence-electron chi connectivity index (χ2n) is 11.7. The van der Waals surface area contributed by atoms with Crippen LogP contribution in [0.4, 0.5) is 0 Å². The Morgan fingerprint density at radius 2 is 1.00 bits per heavy atom. The Bertz CT molecular complexity index is 2810. The fourth-order valence-electron chi connectivity index (χ4n) is 7.25. The van der Waals surface area contributed by atoms with E-state index in [1.165, 1.54) is 54.4 Å². The predicted molar refractivity (Wildman–Crippen MR) is 189 cm³/mol. The summed E-state index contributed by atoms with van der Waals surface area (Å²) >= 11 is 0. The third-order valence-corrected chi connectivity index (χ3v) is 9.22. The van der Waals surface area contributed by atoms with Crippen molar-refractivity contribution in [2.75, 3.05) is 0 Å². The molecule has 0 saturated heterocycles. The van der Waals surface area contributed by atoms with Crippen molar-refractivity contribution < 1.29 is 0 Å². The van der Waals surface area contributed by atoms with E-state index >= 15 is 0 Å². The molecule has 5 nitrogen and oxygen atoms in total. The van der Waals surface area contributed by atoms with E-state index in [2.05, 4.69) is 134 Å². The first-order valence-corrected chi connectivity index (χ1v) is 15.5. The molecule has 0 bridgehead atoms. The monoisotopic (exact) mass is 587 g/mol. The highest BCUT2D eigenvalue weighted by molar-refractivity contribution is 6.22. The molecule has 46 heavy (non-hydrogen) atoms. The average Bonchev–Trinajstić information content (AvgIpc) is 3.69. The van der Waals surface area contributed by atoms with Gasteiger partial charge in [-0.1, -0.05) is 109 Å². The smallest absolute Gasteiger partial charge is 0.163 e. The number of aromatic nitrogens is 5. The van der Waals surface area contributed by atoms with Gasteiger partial charge in [0.1, 0.15) is 6.33 Å². The summed E-state index contributed by atoms with van der Waals surface area (Å²) < 4.78 is 4.83. The fraction of sp³-hybridized carbons (Fsp3) is 0. The molecule has 0 saturated carbocycles. The first-order valence-electron chi connectivity index (χ1n) is 15.5. The number of para-hydroxylation sites is 2. The Labute approximate surface area is 263 Å². The molecule has 10 rings (SSSR count). The summed E-state index contributed by atoms with van der Waals surface area (Å²) in [5.74, 6) is 1.31. The standard InChI is InChI=1S/C41H25N5/c1-2-11-26(12-3-1)40-42-25-43-41(44-40)27-13-10-14-28(23-27)45-35-19-8-7-18-32(35)33-21-22-37-34(39(33)45)24-38-31-17-5-4-15-29(31)30-16-6-9-20-36(30)46(37)38/h1-25H. The molecule has 0 amide bonds. The molecule has 0 aliphatic carbocycles. The quantitative estimate of drug-likeness (QED) is 0.193. The summed E-state index contributed by atoms with van der Waals surface area (Å²) in [5, 5.41) is 7.44. The third-order valence-electron chi connectivity index (χ3n) is 9.22. The predicted octanol–water partition coefficient (Wildman–Crippen LogP) is 10.0. The van der Waals surface area contributed by atoms with Gasteiger partial charge in [0.25, 0.3) is 0 Å². The van der Waals surface area contributed by atoms with Crippen LogP contribution in [0.15, 0.2) is 152 Å². The first-order chi connectivity index (χ1) is 22.8. The lowest BCUT2D eigenvalue weighted by Crippen LogP contribution is -1.98. The zero-order valence-corrected chi connectivity index (χ0v) is 24.7. The van der Waals surface area contributed by atoms with Crippen LogP contribution in [-0.2, 0) is 0 Å². The molecule has 0 N–H and O–H groups in total. The molecule has 0 aliphatic heterocycles. The first kappa shape index (κ1) is 25.0. The van der Waals surface area contributed by atoms with Gasteiger partial charge in [-0.3, -0.25) is 0 Å². The van der Waals surface area contributed by atoms with E-state index in [4.69, 9.17) is 4.98 Å². The normalized spacial score (nSPS) is 11.9. The minimum Gasteiger partial charge on any atom is -0.309 e. The number of benzene rings is 6. The van der Waals surface area contributed by atoms with Crippen LogP contribution in [0, 0.1) is 0 Å². The Kier molecular flexibility index (Phi) is 5.22. The number of hydrogen-bond donors (Lipinski definition) is 0. The second kappa shape index (κ2) is 9.58. The van der Waals surface area contributed by atoms with Gasteiger partial charge in [-0.2, -0.15) is 0 Å². The lowest BCUT2D eigenvalue weighted by atomic mass is 10.1. The summed E-state index contributed by atoms with van der Waals surface area (Å²) in [5.41, 5.74) is 8.92. The van der Waals surface area contributed by atoms with Gasteiger partial charge in [0.2, 0.25) is 0 Å². The van der Waals surface area contributed by atoms with Crippen molar-refractivity contribution in [2.24, 2.45) is 0 Å². The molecule has 0 fully saturated rings. The van der Waals surface area contributed by atoms with Gasteiger partial charge in [0.15, 0.2) is 11.6 Å². The molecule has 0 radical (unpaired) electrons. The SMILES string of the molecule is c1ccc(-c2ncnc(-c3cccc(-n4c5ccccc5c5ccc6c(cc7c8ccccc8c8ccccc8n76)c54)c3)n2)cc1. The lowest BCUT2D eigenvalue weighted by molar-refractivity contribution is 1.06. The van der Waals surface area contributed by atoms with Gasteiger partial charge < -0.3 is 8.97 Å². The highest BCUT2D eigenvalue weighted by atomic mass is 15.0. The van der Waals surface area contributed by atoms with Crippen LogP contribution in [0.5, 0.6) is 0 Å². The maximum atomic E-state index is 4.86. The lowest BCUT2D eigenvalue weighted by Gasteiger charge is -2.11. The van der Waals surface area contributed by atoms with Crippen LogP contribution in [0.1, 0.15) is 0 Å². The highest BCUT2D eigenvalue weighted by Crippen LogP contribution is 2.41. The van der Waals surface area contributed by atoms with E-state index in [0.29, 0.717) is 11.6 Å². The zero-order chi connectivity index (χ0) is 30.2. The molecular formula is C41H25N5. The van der Waals surface area contributed by atoms with Crippen molar-refractivity contribution in [1.29, 1.82) is 0 Å². The van der Waals surface area contributed by atoms with Crippen LogP contribution >= 0.6 is 0 Å². The summed E-state index contributed by atoms with van der Waals surface area (Å²) in [4.78, 5) is 13.9. The summed E-state index contributed by atoms with van der Waals surface area (Å²) in [7, 11) is 0. The maximum absolute atomic E-state index is 4.86. The van der Waals surface area contributed by atoms with Gasteiger partial charge in [0, 0.05) is 43.7 Å². The van der Waals surface area contributed by atoms with Gasteiger partial charge in [-0.15, -0.1) is 0 Å². The number of nitrogens with zero attached hydrogens (tertiary/aromatic N) is 5. The minimum absolute atomic E-state index is 0.647. The number of hydrogen-bond acceptors (Lipinski definition) is 3. The molecule has 0 unspecified atom stereocenters. The molecule has 4 heterocycles. The van der Waals surface area contributed by atoms with Crippen molar-refractivity contribution in [3.05, 3.63) is 152 Å². The van der Waals surface area contributed by atoms with Gasteiger partial charge in [-0.25, -0.2) is 15.0 Å². The van der Waals surface area contributed by atoms with Crippen LogP contribution in [0.3, 0.4) is 0 Å². The van der Waals surface area contributed by atoms with Crippen LogP contribution in [0.2, 0.25) is 0 Å². The fourth-order valence-corrected chi connectivity index (χ4v) is 7.25. The molecule has 6 aromatic carbocycles. The largest absolute Gasteiger partial charge is 0.309 e. The van der Waals surface area contributed by atoms with Gasteiger partial charge in [0.05, 0.1) is 27.6 Å². The van der Waals surface area contributed by atoms with Crippen molar-refractivity contribution in [2.45, 2.75) is 0 Å². The van der Waals surface area contributed by atoms with Gasteiger partial charge in [-0.05, 0) is 41.8 Å². The highest BCUT2D eigenvalue weighted by Gasteiger charge is 2.19. The Morgan fingerprint density at radius 1 is 0.391 bits per heavy atom. The topological polar surface area (TPSA) is 48.0 Å². The molecule has 0 aliphatic rings. The van der Waals surface area contributed by atoms with Crippen molar-refractivity contribution >= 4 is 59.9 Å². The zero-order valence-electron chi connectivity index (χ0n) is 24.7. The molecule has 0 atom stereocenters. The molecule has 214 valence electrons. The van der Waals surface area contributed by atoms with E-state index in [1.54, 1.807) is 6.33 Å². The molecule has 0 spiro atoms. The average molecular weight is 588 g/mol. The summed E-state index contributed by atoms with van der Waals surface area (Å²) in [6.07, 6.45) is 1.60. The molecule has 10 aromatic rings. The molecule has 5 heteroatoms. The van der Waals surface area contributed by atoms with Crippen molar-refractivity contribution in [3.63, 3.8) is 0 Å². The van der Waals surface area contributed by atoms with Crippen molar-refractivity contribution in [1.82, 2.24) is 23.9 Å². The summed E-state index contributed by atoms with van der Waals surface area (Å²) in [6, 6.07) is 51.7. The van der Waals surface area contributed by atoms with Crippen LogP contribution < -0.4 is 0 Å². The van der Waals surface area contributed by atoms with E-state index in [-0.39, 0.29) is 0 Å². The second-order valence-corrected chi connectivity index (χ2v) is 11.7. The van der Waals surface area contributed by atoms with Crippen molar-refractivity contribution in [3.8, 4) is 28.5 Å². The van der Waals surface area contributed by atoms with E-state index in [0.717, 1.165) is 22.3 Å². The van der Waals surface area contributed by atoms with Crippen LogP contribution in [0.25, 0.3) is 88.4 Å². The Balaban J connectivity index is 1.28. The molecule has 4 aromatic heterocycles. The number of pyridine rings is 1.